The molecule has 358 valence electrons. The lowest BCUT2D eigenvalue weighted by Crippen LogP contribution is -2.64. The third-order valence-electron chi connectivity index (χ3n) is 12.3. The fraction of sp³-hybridized carbons (Fsp3) is 0.946. The molecule has 0 radical (unpaired) electrons. The van der Waals surface area contributed by atoms with E-state index >= 15 is 0 Å². The van der Waals surface area contributed by atoms with E-state index in [2.05, 4.69) is 21.3 Å². The molecule has 12 aliphatic heterocycles. The summed E-state index contributed by atoms with van der Waals surface area (Å²) < 4.78 is 46.7. The van der Waals surface area contributed by atoms with Crippen molar-refractivity contribution < 1.29 is 89.0 Å². The third kappa shape index (κ3) is 12.1. The molecule has 12 aliphatic rings. The van der Waals surface area contributed by atoms with E-state index in [1.807, 2.05) is 4.90 Å². The molecule has 14 N–H and O–H groups in total. The summed E-state index contributed by atoms with van der Waals surface area (Å²) in [6, 6.07) is 0. The SMILES string of the molecule is CN(CNC(=S)NCC1O[C@@H]2OC3C(CO)O[C@H](OCCCCC1[C@@H](O)C2O)C(O)[C@@H]3O)CNC(=S)NCC1O[C@@H]2OC3C(CO)O[C@H](OCCCCC1[C@@H](O)C2O)C(O)[C@@H]3O. The highest BCUT2D eigenvalue weighted by atomic mass is 32.1. The average Bonchev–Trinajstić information content (AvgIpc) is 3.26. The summed E-state index contributed by atoms with van der Waals surface area (Å²) in [5.74, 6) is -1.05. The molecule has 62 heavy (non-hydrogen) atoms. The number of thiocarbonyl (C=S) groups is 2. The Hall–Kier alpha value is -1.38. The van der Waals surface area contributed by atoms with Gasteiger partial charge >= 0.3 is 0 Å². The Bertz CT molecular complexity index is 1320. The molecular formula is C37H65N5O18S2. The molecule has 0 aromatic carbocycles. The van der Waals surface area contributed by atoms with Crippen LogP contribution in [0, 0.1) is 11.8 Å². The number of rotatable bonds is 10. The van der Waals surface area contributed by atoms with Gasteiger partial charge in [0.1, 0.15) is 61.0 Å². The van der Waals surface area contributed by atoms with Gasteiger partial charge in [-0.25, -0.2) is 0 Å². The van der Waals surface area contributed by atoms with E-state index in [1.54, 1.807) is 7.05 Å². The zero-order valence-electron chi connectivity index (χ0n) is 34.4. The van der Waals surface area contributed by atoms with E-state index in [1.165, 1.54) is 0 Å². The molecule has 12 fully saturated rings. The van der Waals surface area contributed by atoms with Gasteiger partial charge in [-0.2, -0.15) is 0 Å². The molecule has 0 aliphatic carbocycles. The number of hydrogen-bond acceptors (Lipinski definition) is 21. The number of hydrogen-bond donors (Lipinski definition) is 14. The van der Waals surface area contributed by atoms with Crippen molar-refractivity contribution in [3.05, 3.63) is 0 Å². The van der Waals surface area contributed by atoms with E-state index in [4.69, 9.17) is 62.3 Å². The molecule has 25 heteroatoms. The summed E-state index contributed by atoms with van der Waals surface area (Å²) in [5, 5.41) is 120. The molecular weight excluding hydrogens is 867 g/mol. The third-order valence-corrected chi connectivity index (χ3v) is 12.9. The fourth-order valence-electron chi connectivity index (χ4n) is 8.68. The van der Waals surface area contributed by atoms with Crippen molar-refractivity contribution in [1.82, 2.24) is 26.2 Å². The van der Waals surface area contributed by atoms with E-state index in [-0.39, 0.29) is 49.9 Å². The number of aliphatic hydroxyl groups excluding tert-OH is 10. The van der Waals surface area contributed by atoms with Gasteiger partial charge in [-0.3, -0.25) is 4.90 Å². The first-order valence-electron chi connectivity index (χ1n) is 21.3. The van der Waals surface area contributed by atoms with Crippen LogP contribution in [0.5, 0.6) is 0 Å². The van der Waals surface area contributed by atoms with Crippen molar-refractivity contribution in [2.45, 2.75) is 149 Å². The first kappa shape index (κ1) is 50.0. The highest BCUT2D eigenvalue weighted by Crippen LogP contribution is 2.36. The van der Waals surface area contributed by atoms with Gasteiger partial charge in [0.25, 0.3) is 0 Å². The molecule has 0 aromatic heterocycles. The maximum Gasteiger partial charge on any atom is 0.186 e. The number of ether oxygens (including phenoxy) is 8. The molecule has 0 amide bonds. The van der Waals surface area contributed by atoms with Gasteiger partial charge in [0.05, 0.1) is 51.0 Å². The number of nitrogens with one attached hydrogen (secondary N) is 4. The topological polar surface area (TPSA) is 328 Å². The maximum absolute atomic E-state index is 11.2. The second-order valence-electron chi connectivity index (χ2n) is 16.7. The zero-order valence-corrected chi connectivity index (χ0v) is 36.1. The van der Waals surface area contributed by atoms with Crippen LogP contribution in [0.2, 0.25) is 0 Å². The fourth-order valence-corrected chi connectivity index (χ4v) is 8.98. The molecule has 12 unspecified atom stereocenters. The van der Waals surface area contributed by atoms with Gasteiger partial charge in [0.2, 0.25) is 0 Å². The Morgan fingerprint density at radius 1 is 0.484 bits per heavy atom. The van der Waals surface area contributed by atoms with E-state index in [0.29, 0.717) is 38.5 Å². The minimum Gasteiger partial charge on any atom is -0.394 e. The van der Waals surface area contributed by atoms with Crippen LogP contribution in [0.25, 0.3) is 0 Å². The smallest absolute Gasteiger partial charge is 0.186 e. The zero-order chi connectivity index (χ0) is 44.7. The van der Waals surface area contributed by atoms with Crippen LogP contribution in [0.15, 0.2) is 0 Å². The Balaban J connectivity index is 0.970. The quantitative estimate of drug-likeness (QED) is 0.0716. The van der Waals surface area contributed by atoms with Gasteiger partial charge in [-0.15, -0.1) is 0 Å². The molecule has 20 atom stereocenters. The van der Waals surface area contributed by atoms with Crippen LogP contribution in [-0.4, -0.2) is 237 Å². The Kier molecular flexibility index (Phi) is 18.9. The van der Waals surface area contributed by atoms with Crippen molar-refractivity contribution in [3.63, 3.8) is 0 Å². The van der Waals surface area contributed by atoms with Crippen molar-refractivity contribution in [2.75, 3.05) is 59.9 Å². The molecule has 12 heterocycles. The van der Waals surface area contributed by atoms with Crippen molar-refractivity contribution in [3.8, 4) is 0 Å². The van der Waals surface area contributed by atoms with E-state index in [9.17, 15) is 51.1 Å². The summed E-state index contributed by atoms with van der Waals surface area (Å²) in [4.78, 5) is 1.83. The van der Waals surface area contributed by atoms with Gasteiger partial charge < -0.3 is 110 Å². The second kappa shape index (κ2) is 23.4. The molecule has 0 saturated carbocycles. The number of aliphatic hydroxyl groups is 10. The first-order chi connectivity index (χ1) is 29.7. The van der Waals surface area contributed by atoms with Crippen LogP contribution >= 0.6 is 24.4 Å². The van der Waals surface area contributed by atoms with Gasteiger partial charge in [-0.1, -0.05) is 12.8 Å². The monoisotopic (exact) mass is 931 g/mol. The summed E-state index contributed by atoms with van der Waals surface area (Å²) in [5.41, 5.74) is 0. The Morgan fingerprint density at radius 2 is 0.855 bits per heavy atom. The Labute approximate surface area is 369 Å². The van der Waals surface area contributed by atoms with Crippen molar-refractivity contribution in [2.24, 2.45) is 11.8 Å². The standard InChI is InChI=1S/C37H65N5O18S2/c1-42(14-40-36(61)38-10-18-16-6-2-4-8-53-32-28(51)24(47)30(20(12-43)57-32)59-34(55-18)26(49)22(16)45)15-41-37(62)39-11-19-17-7-3-5-9-54-33-29(52)25(48)31(21(13-44)58-33)60-35(56-19)27(50)23(17)46/h16-35,43-52H,2-15H2,1H3,(H2,38,40,61)(H2,39,41,62)/t16?,17?,18?,19?,20?,21?,22-,23-,24+,25+,26?,27?,28?,29?,30?,31?,32+,33+,34-,35-/m1/s1. The lowest BCUT2D eigenvalue weighted by atomic mass is 9.84. The van der Waals surface area contributed by atoms with Crippen LogP contribution in [-0.2, 0) is 37.9 Å². The minimum absolute atomic E-state index is 0.111. The van der Waals surface area contributed by atoms with Gasteiger partial charge in [0.15, 0.2) is 35.4 Å². The normalized spacial score (nSPS) is 44.3. The first-order valence-corrected chi connectivity index (χ1v) is 22.1. The maximum atomic E-state index is 11.2. The lowest BCUT2D eigenvalue weighted by molar-refractivity contribution is -0.355. The van der Waals surface area contributed by atoms with Gasteiger partial charge in [-0.05, 0) is 57.2 Å². The van der Waals surface area contributed by atoms with Crippen LogP contribution in [0.1, 0.15) is 38.5 Å². The van der Waals surface area contributed by atoms with Crippen molar-refractivity contribution >= 4 is 34.7 Å². The molecule has 0 aromatic rings. The van der Waals surface area contributed by atoms with Crippen LogP contribution in [0.3, 0.4) is 0 Å². The van der Waals surface area contributed by atoms with Crippen LogP contribution in [0.4, 0.5) is 0 Å². The molecule has 0 spiro atoms. The van der Waals surface area contributed by atoms with E-state index in [0.717, 1.165) is 0 Å². The predicted octanol–water partition coefficient (Wildman–Crippen LogP) is -6.06. The highest BCUT2D eigenvalue weighted by Gasteiger charge is 2.53. The van der Waals surface area contributed by atoms with Crippen LogP contribution < -0.4 is 21.3 Å². The largest absolute Gasteiger partial charge is 0.394 e. The molecule has 12 saturated heterocycles. The number of nitrogens with zero attached hydrogens (tertiary/aromatic N) is 1. The molecule has 12 rings (SSSR count). The lowest BCUT2D eigenvalue weighted by Gasteiger charge is -2.47. The second-order valence-corrected chi connectivity index (χ2v) is 17.5. The summed E-state index contributed by atoms with van der Waals surface area (Å²) in [7, 11) is 1.80. The summed E-state index contributed by atoms with van der Waals surface area (Å²) in [6.07, 6.45) is -20.0. The molecule has 8 bridgehead atoms. The Morgan fingerprint density at radius 3 is 1.24 bits per heavy atom. The molecule has 23 nitrogen and oxygen atoms in total. The van der Waals surface area contributed by atoms with E-state index < -0.39 is 136 Å². The minimum atomic E-state index is -1.55. The highest BCUT2D eigenvalue weighted by molar-refractivity contribution is 7.80. The summed E-state index contributed by atoms with van der Waals surface area (Å²) >= 11 is 11.1. The average molecular weight is 932 g/mol. The van der Waals surface area contributed by atoms with Crippen molar-refractivity contribution in [1.29, 1.82) is 0 Å². The summed E-state index contributed by atoms with van der Waals surface area (Å²) in [6.45, 7) is -0.0669. The predicted molar refractivity (Wildman–Crippen MR) is 218 cm³/mol. The van der Waals surface area contributed by atoms with Gasteiger partial charge in [0, 0.05) is 38.1 Å².